The first-order chi connectivity index (χ1) is 15.1. The van der Waals surface area contributed by atoms with E-state index in [0.717, 1.165) is 50.8 Å². The molecular weight excluding hydrogens is 392 g/mol. The van der Waals surface area contributed by atoms with Gasteiger partial charge in [-0.15, -0.1) is 0 Å². The van der Waals surface area contributed by atoms with Gasteiger partial charge in [-0.25, -0.2) is 0 Å². The third-order valence-electron chi connectivity index (χ3n) is 5.43. The first-order valence-corrected chi connectivity index (χ1v) is 10.8. The maximum Gasteiger partial charge on any atom is 0.194 e. The number of ether oxygens (including phenoxy) is 2. The molecule has 1 fully saturated rings. The van der Waals surface area contributed by atoms with E-state index in [1.807, 2.05) is 12.1 Å². The maximum absolute atomic E-state index is 10.7. The number of aliphatic hydroxyl groups is 1. The molecule has 1 atom stereocenters. The van der Waals surface area contributed by atoms with Crippen LogP contribution in [0.25, 0.3) is 0 Å². The number of hydrogen-bond donors (Lipinski definition) is 2. The topological polar surface area (TPSA) is 69.6 Å². The van der Waals surface area contributed by atoms with E-state index in [2.05, 4.69) is 52.4 Å². The molecule has 2 N–H and O–H groups in total. The minimum atomic E-state index is -0.739. The largest absolute Gasteiger partial charge is 0.497 e. The predicted molar refractivity (Wildman–Crippen MR) is 124 cm³/mol. The lowest BCUT2D eigenvalue weighted by Gasteiger charge is -2.36. The second-order valence-electron chi connectivity index (χ2n) is 7.61. The summed E-state index contributed by atoms with van der Waals surface area (Å²) in [5, 5.41) is 14.1. The van der Waals surface area contributed by atoms with Crippen molar-refractivity contribution in [3.8, 4) is 11.5 Å². The van der Waals surface area contributed by atoms with Crippen molar-refractivity contribution in [2.75, 3.05) is 53.5 Å². The van der Waals surface area contributed by atoms with Crippen LogP contribution < -0.4 is 14.8 Å². The smallest absolute Gasteiger partial charge is 0.194 e. The fourth-order valence-electron chi connectivity index (χ4n) is 3.69. The summed E-state index contributed by atoms with van der Waals surface area (Å²) in [4.78, 5) is 9.45. The Labute approximate surface area is 185 Å². The Morgan fingerprint density at radius 2 is 1.68 bits per heavy atom. The molecule has 1 aliphatic rings. The highest BCUT2D eigenvalue weighted by Gasteiger charge is 2.20. The first kappa shape index (κ1) is 22.9. The summed E-state index contributed by atoms with van der Waals surface area (Å²) in [6.07, 6.45) is -0.739. The van der Waals surface area contributed by atoms with Gasteiger partial charge in [0, 0.05) is 45.3 Å². The van der Waals surface area contributed by atoms with E-state index in [-0.39, 0.29) is 6.54 Å². The van der Waals surface area contributed by atoms with E-state index < -0.39 is 6.10 Å². The summed E-state index contributed by atoms with van der Waals surface area (Å²) in [6.45, 7) is 7.85. The van der Waals surface area contributed by atoms with Crippen LogP contribution in [0.3, 0.4) is 0 Å². The molecule has 7 heteroatoms. The molecule has 2 aromatic carbocycles. The molecule has 3 rings (SSSR count). The van der Waals surface area contributed by atoms with Crippen molar-refractivity contribution in [3.63, 3.8) is 0 Å². The van der Waals surface area contributed by atoms with Gasteiger partial charge in [0.05, 0.1) is 26.9 Å². The van der Waals surface area contributed by atoms with E-state index in [0.29, 0.717) is 11.5 Å². The summed E-state index contributed by atoms with van der Waals surface area (Å²) in [5.41, 5.74) is 2.07. The van der Waals surface area contributed by atoms with Crippen molar-refractivity contribution in [1.29, 1.82) is 0 Å². The fraction of sp³-hybridized carbons (Fsp3) is 0.458. The lowest BCUT2D eigenvalue weighted by Crippen LogP contribution is -2.52. The van der Waals surface area contributed by atoms with E-state index in [9.17, 15) is 5.11 Å². The summed E-state index contributed by atoms with van der Waals surface area (Å²) in [5.74, 6) is 2.15. The second kappa shape index (κ2) is 11.6. The molecule has 0 radical (unpaired) electrons. The summed E-state index contributed by atoms with van der Waals surface area (Å²) in [7, 11) is 3.20. The number of nitrogens with one attached hydrogen (secondary N) is 1. The van der Waals surface area contributed by atoms with Gasteiger partial charge in [0.2, 0.25) is 0 Å². The highest BCUT2D eigenvalue weighted by atomic mass is 16.5. The van der Waals surface area contributed by atoms with Gasteiger partial charge in [0.15, 0.2) is 5.96 Å². The molecular formula is C24H34N4O3. The number of aliphatic hydroxyl groups excluding tert-OH is 1. The van der Waals surface area contributed by atoms with Crippen molar-refractivity contribution in [2.45, 2.75) is 19.6 Å². The minimum absolute atomic E-state index is 0.267. The number of hydrogen-bond acceptors (Lipinski definition) is 5. The lowest BCUT2D eigenvalue weighted by molar-refractivity contribution is 0.169. The summed E-state index contributed by atoms with van der Waals surface area (Å²) in [6, 6.07) is 16.0. The van der Waals surface area contributed by atoms with Gasteiger partial charge in [0.25, 0.3) is 0 Å². The van der Waals surface area contributed by atoms with Crippen LogP contribution in [-0.4, -0.2) is 74.4 Å². The molecule has 1 aliphatic heterocycles. The van der Waals surface area contributed by atoms with Crippen molar-refractivity contribution >= 4 is 5.96 Å². The zero-order valence-electron chi connectivity index (χ0n) is 18.8. The number of piperazine rings is 1. The molecule has 2 aromatic rings. The Morgan fingerprint density at radius 3 is 2.26 bits per heavy atom. The number of rotatable bonds is 8. The van der Waals surface area contributed by atoms with Gasteiger partial charge in [0.1, 0.15) is 11.5 Å². The molecule has 1 saturated heterocycles. The number of aliphatic imine (C=N–C) groups is 1. The first-order valence-electron chi connectivity index (χ1n) is 10.8. The minimum Gasteiger partial charge on any atom is -0.497 e. The van der Waals surface area contributed by atoms with Gasteiger partial charge < -0.3 is 24.8 Å². The molecule has 0 bridgehead atoms. The lowest BCUT2D eigenvalue weighted by atomic mass is 10.1. The fourth-order valence-corrected chi connectivity index (χ4v) is 3.69. The maximum atomic E-state index is 10.7. The van der Waals surface area contributed by atoms with Crippen molar-refractivity contribution in [3.05, 3.63) is 59.7 Å². The van der Waals surface area contributed by atoms with E-state index in [1.54, 1.807) is 20.3 Å². The molecule has 168 valence electrons. The Bertz CT molecular complexity index is 814. The molecule has 0 aliphatic carbocycles. The Morgan fingerprint density at radius 1 is 1.03 bits per heavy atom. The quantitative estimate of drug-likeness (QED) is 0.499. The number of benzene rings is 2. The van der Waals surface area contributed by atoms with Crippen LogP contribution in [0.5, 0.6) is 11.5 Å². The third-order valence-corrected chi connectivity index (χ3v) is 5.43. The molecule has 1 unspecified atom stereocenters. The Hall–Kier alpha value is -2.77. The van der Waals surface area contributed by atoms with E-state index in [1.165, 1.54) is 5.56 Å². The van der Waals surface area contributed by atoms with Gasteiger partial charge >= 0.3 is 0 Å². The monoisotopic (exact) mass is 426 g/mol. The van der Waals surface area contributed by atoms with Gasteiger partial charge in [-0.2, -0.15) is 0 Å². The van der Waals surface area contributed by atoms with Crippen molar-refractivity contribution < 1.29 is 14.6 Å². The van der Waals surface area contributed by atoms with Crippen LogP contribution in [0.2, 0.25) is 0 Å². The van der Waals surface area contributed by atoms with E-state index in [4.69, 9.17) is 14.5 Å². The highest BCUT2D eigenvalue weighted by Crippen LogP contribution is 2.26. The Kier molecular flexibility index (Phi) is 8.55. The average Bonchev–Trinajstić information content (AvgIpc) is 2.82. The van der Waals surface area contributed by atoms with Crippen molar-refractivity contribution in [1.82, 2.24) is 15.1 Å². The molecule has 31 heavy (non-hydrogen) atoms. The van der Waals surface area contributed by atoms with Crippen LogP contribution in [0.1, 0.15) is 24.2 Å². The number of nitrogens with zero attached hydrogens (tertiary/aromatic N) is 3. The second-order valence-corrected chi connectivity index (χ2v) is 7.61. The predicted octanol–water partition coefficient (Wildman–Crippen LogP) is 2.52. The number of methoxy groups -OCH3 is 2. The standard InChI is InChI=1S/C24H34N4O3/c1-4-25-24(26-17-23(29)20-14-21(30-2)16-22(15-20)31-3)28-12-10-27(11-13-28)18-19-8-6-5-7-9-19/h5-9,14-16,23,29H,4,10-13,17-18H2,1-3H3,(H,25,26). The zero-order chi connectivity index (χ0) is 22.1. The average molecular weight is 427 g/mol. The van der Waals surface area contributed by atoms with Crippen LogP contribution in [0, 0.1) is 0 Å². The molecule has 0 saturated carbocycles. The summed E-state index contributed by atoms with van der Waals surface area (Å²) >= 11 is 0. The molecule has 1 heterocycles. The third kappa shape index (κ3) is 6.60. The van der Waals surface area contributed by atoms with Crippen LogP contribution >= 0.6 is 0 Å². The molecule has 0 spiro atoms. The molecule has 7 nitrogen and oxygen atoms in total. The molecule has 0 amide bonds. The normalized spacial score (nSPS) is 16.1. The van der Waals surface area contributed by atoms with Crippen LogP contribution in [0.15, 0.2) is 53.5 Å². The number of guanidine groups is 1. The molecule has 0 aromatic heterocycles. The Balaban J connectivity index is 1.60. The SMILES string of the molecule is CCNC(=NCC(O)c1cc(OC)cc(OC)c1)N1CCN(Cc2ccccc2)CC1. The van der Waals surface area contributed by atoms with Crippen LogP contribution in [-0.2, 0) is 6.54 Å². The van der Waals surface area contributed by atoms with Crippen LogP contribution in [0.4, 0.5) is 0 Å². The zero-order valence-corrected chi connectivity index (χ0v) is 18.8. The van der Waals surface area contributed by atoms with Gasteiger partial charge in [-0.3, -0.25) is 9.89 Å². The highest BCUT2D eigenvalue weighted by molar-refractivity contribution is 5.80. The van der Waals surface area contributed by atoms with Gasteiger partial charge in [-0.05, 0) is 30.2 Å². The van der Waals surface area contributed by atoms with Gasteiger partial charge in [-0.1, -0.05) is 30.3 Å². The summed E-state index contributed by atoms with van der Waals surface area (Å²) < 4.78 is 10.6. The van der Waals surface area contributed by atoms with E-state index >= 15 is 0 Å². The van der Waals surface area contributed by atoms with Crippen molar-refractivity contribution in [2.24, 2.45) is 4.99 Å².